The molecule has 2 fully saturated rings. The highest BCUT2D eigenvalue weighted by Crippen LogP contribution is 2.45. The smallest absolute Gasteiger partial charge is 0.338 e. The number of nitrogens with zero attached hydrogens (tertiary/aromatic N) is 1. The van der Waals surface area contributed by atoms with Gasteiger partial charge in [0.1, 0.15) is 47.8 Å². The Hall–Kier alpha value is -4.46. The van der Waals surface area contributed by atoms with Gasteiger partial charge in [0.05, 0.1) is 12.2 Å². The number of carbonyl (C=O) groups excluding carboxylic acids is 1. The number of aliphatic hydroxyl groups excluding tert-OH is 2. The molecule has 0 aromatic heterocycles. The zero-order valence-corrected chi connectivity index (χ0v) is 30.7. The topological polar surface area (TPSA) is 258 Å². The van der Waals surface area contributed by atoms with E-state index in [9.17, 15) is 45.6 Å². The van der Waals surface area contributed by atoms with Crippen LogP contribution >= 0.6 is 12.4 Å². The fourth-order valence-electron chi connectivity index (χ4n) is 6.19. The molecule has 2 saturated heterocycles. The molecular formula is C36H46ClNO16. The summed E-state index contributed by atoms with van der Waals surface area (Å²) < 4.78 is 34.4. The number of rotatable bonds is 10. The number of esters is 1. The highest BCUT2D eigenvalue weighted by Gasteiger charge is 2.57. The lowest BCUT2D eigenvalue weighted by molar-refractivity contribution is -0.231. The Morgan fingerprint density at radius 3 is 2.24 bits per heavy atom. The summed E-state index contributed by atoms with van der Waals surface area (Å²) in [6.07, 6.45) is -4.30. The molecule has 298 valence electrons. The van der Waals surface area contributed by atoms with Crippen LogP contribution in [0.4, 0.5) is 0 Å². The van der Waals surface area contributed by atoms with Crippen LogP contribution in [0.1, 0.15) is 47.9 Å². The van der Waals surface area contributed by atoms with E-state index >= 15 is 0 Å². The molecule has 17 nitrogen and oxygen atoms in total. The second-order valence-electron chi connectivity index (χ2n) is 13.6. The molecule has 3 aromatic carbocycles. The molecule has 0 aliphatic carbocycles. The van der Waals surface area contributed by atoms with Crippen LogP contribution in [0, 0.1) is 0 Å². The second kappa shape index (κ2) is 17.3. The van der Waals surface area contributed by atoms with Gasteiger partial charge in [0.2, 0.25) is 0 Å². The molecule has 0 spiro atoms. The summed E-state index contributed by atoms with van der Waals surface area (Å²) in [6.45, 7) is 4.70. The number of phenolic OH excluding ortho intramolecular Hbond substituents is 7. The number of phenols is 7. The van der Waals surface area contributed by atoms with Gasteiger partial charge in [0.15, 0.2) is 46.9 Å². The monoisotopic (exact) mass is 783 g/mol. The largest absolute Gasteiger partial charge is 0.508 e. The highest BCUT2D eigenvalue weighted by molar-refractivity contribution is 5.91. The SMILES string of the molecule is CN(C)CCCOC1C(C(O)CO)OC2OC(C)(C)OC21.Cl.O=C(OC1Cc2c(O)cc(O)cc2OC1c1ccc(O)c(O)c1)c1cc(O)c(O)c(O)c1. The van der Waals surface area contributed by atoms with E-state index in [1.54, 1.807) is 0 Å². The molecule has 0 bridgehead atoms. The van der Waals surface area contributed by atoms with E-state index in [0.29, 0.717) is 12.2 Å². The van der Waals surface area contributed by atoms with Crippen LogP contribution in [0.15, 0.2) is 42.5 Å². The summed E-state index contributed by atoms with van der Waals surface area (Å²) in [5.41, 5.74) is 0.324. The summed E-state index contributed by atoms with van der Waals surface area (Å²) >= 11 is 0. The first kappa shape index (κ1) is 42.3. The molecule has 0 radical (unpaired) electrons. The lowest BCUT2D eigenvalue weighted by Crippen LogP contribution is -2.44. The predicted molar refractivity (Wildman–Crippen MR) is 189 cm³/mol. The Balaban J connectivity index is 0.000000257. The third-order valence-corrected chi connectivity index (χ3v) is 8.71. The van der Waals surface area contributed by atoms with Crippen LogP contribution in [0.5, 0.6) is 46.0 Å². The first-order valence-electron chi connectivity index (χ1n) is 16.7. The van der Waals surface area contributed by atoms with E-state index in [0.717, 1.165) is 31.2 Å². The minimum Gasteiger partial charge on any atom is -0.508 e. The van der Waals surface area contributed by atoms with E-state index in [1.165, 1.54) is 24.3 Å². The molecule has 9 N–H and O–H groups in total. The van der Waals surface area contributed by atoms with E-state index in [1.807, 2.05) is 27.9 Å². The Kier molecular flexibility index (Phi) is 13.6. The van der Waals surface area contributed by atoms with Crippen molar-refractivity contribution in [3.05, 3.63) is 59.2 Å². The quantitative estimate of drug-likeness (QED) is 0.0813. The molecule has 3 aliphatic heterocycles. The van der Waals surface area contributed by atoms with Crippen LogP contribution in [0.3, 0.4) is 0 Å². The van der Waals surface area contributed by atoms with E-state index < -0.39 is 71.6 Å². The normalized spacial score (nSPS) is 24.3. The van der Waals surface area contributed by atoms with E-state index in [-0.39, 0.29) is 65.7 Å². The van der Waals surface area contributed by atoms with Gasteiger partial charge in [0.25, 0.3) is 0 Å². The van der Waals surface area contributed by atoms with Gasteiger partial charge in [-0.15, -0.1) is 12.4 Å². The van der Waals surface area contributed by atoms with E-state index in [4.69, 9.17) is 33.5 Å². The molecule has 6 rings (SSSR count). The van der Waals surface area contributed by atoms with Crippen molar-refractivity contribution in [3.63, 3.8) is 0 Å². The summed E-state index contributed by atoms with van der Waals surface area (Å²) in [7, 11) is 4.01. The van der Waals surface area contributed by atoms with Crippen molar-refractivity contribution >= 4 is 18.4 Å². The molecule has 7 unspecified atom stereocenters. The van der Waals surface area contributed by atoms with Gasteiger partial charge in [-0.1, -0.05) is 6.07 Å². The lowest BCUT2D eigenvalue weighted by atomic mass is 9.93. The first-order valence-corrected chi connectivity index (χ1v) is 16.7. The van der Waals surface area contributed by atoms with Crippen molar-refractivity contribution in [1.29, 1.82) is 0 Å². The van der Waals surface area contributed by atoms with Crippen LogP contribution < -0.4 is 4.74 Å². The van der Waals surface area contributed by atoms with Crippen LogP contribution in [-0.4, -0.2) is 133 Å². The Morgan fingerprint density at radius 1 is 0.926 bits per heavy atom. The Morgan fingerprint density at radius 2 is 1.61 bits per heavy atom. The fraction of sp³-hybridized carbons (Fsp3) is 0.472. The van der Waals surface area contributed by atoms with Gasteiger partial charge in [-0.25, -0.2) is 4.79 Å². The number of benzene rings is 3. The number of hydrogen-bond donors (Lipinski definition) is 9. The van der Waals surface area contributed by atoms with Crippen molar-refractivity contribution in [2.24, 2.45) is 0 Å². The molecule has 3 aromatic rings. The average molecular weight is 784 g/mol. The summed E-state index contributed by atoms with van der Waals surface area (Å²) in [6, 6.07) is 8.07. The number of halogens is 1. The van der Waals surface area contributed by atoms with Crippen LogP contribution in [-0.2, 0) is 30.1 Å². The van der Waals surface area contributed by atoms with Gasteiger partial charge in [-0.2, -0.15) is 0 Å². The summed E-state index contributed by atoms with van der Waals surface area (Å²) in [5.74, 6) is -5.16. The maximum Gasteiger partial charge on any atom is 0.338 e. The highest BCUT2D eigenvalue weighted by atomic mass is 35.5. The third-order valence-electron chi connectivity index (χ3n) is 8.71. The predicted octanol–water partition coefficient (Wildman–Crippen LogP) is 2.50. The summed E-state index contributed by atoms with van der Waals surface area (Å²) in [5, 5.41) is 87.3. The Labute approximate surface area is 316 Å². The third kappa shape index (κ3) is 9.60. The number of hydrogen-bond acceptors (Lipinski definition) is 17. The Bertz CT molecular complexity index is 1750. The molecular weight excluding hydrogens is 738 g/mol. The minimum atomic E-state index is -1.06. The van der Waals surface area contributed by atoms with Gasteiger partial charge < -0.3 is 79.3 Å². The maximum atomic E-state index is 12.7. The zero-order valence-electron chi connectivity index (χ0n) is 29.9. The van der Waals surface area contributed by atoms with Crippen molar-refractivity contribution < 1.29 is 79.2 Å². The van der Waals surface area contributed by atoms with Crippen LogP contribution in [0.25, 0.3) is 0 Å². The molecule has 3 heterocycles. The van der Waals surface area contributed by atoms with Gasteiger partial charge >= 0.3 is 5.97 Å². The van der Waals surface area contributed by atoms with Crippen LogP contribution in [0.2, 0.25) is 0 Å². The van der Waals surface area contributed by atoms with E-state index in [2.05, 4.69) is 4.90 Å². The molecule has 18 heteroatoms. The van der Waals surface area contributed by atoms with Gasteiger partial charge in [-0.3, -0.25) is 0 Å². The van der Waals surface area contributed by atoms with Crippen molar-refractivity contribution in [1.82, 2.24) is 4.90 Å². The van der Waals surface area contributed by atoms with Gasteiger partial charge in [0, 0.05) is 36.3 Å². The molecule has 3 aliphatic rings. The lowest BCUT2D eigenvalue weighted by Gasteiger charge is -2.34. The van der Waals surface area contributed by atoms with Crippen molar-refractivity contribution in [2.75, 3.05) is 33.9 Å². The minimum absolute atomic E-state index is 0. The second-order valence-corrected chi connectivity index (χ2v) is 13.6. The fourth-order valence-corrected chi connectivity index (χ4v) is 6.19. The maximum absolute atomic E-state index is 12.7. The first-order chi connectivity index (χ1) is 25.0. The van der Waals surface area contributed by atoms with Gasteiger partial charge in [-0.05, 0) is 65.2 Å². The molecule has 0 saturated carbocycles. The van der Waals surface area contributed by atoms with Crippen molar-refractivity contribution in [2.45, 2.75) is 75.4 Å². The summed E-state index contributed by atoms with van der Waals surface area (Å²) in [4.78, 5) is 14.8. The number of carbonyl (C=O) groups is 1. The standard InChI is InChI=1S/C22H18O10.C14H27NO6.ClH/c23-11-6-14(25)12-8-19(32-22(30)10-4-16(27)20(29)17(28)5-10)21(31-18(12)7-11)9-1-2-13(24)15(26)3-9;1-14(2)20-12-11(18-7-5-6-15(3)4)10(9(17)8-16)19-13(12)21-14;/h1-7,19,21,23-29H,8H2;9-13,16-17H,5-8H2,1-4H3;1H. The number of aliphatic hydroxyl groups is 2. The number of fused-ring (bicyclic) bond motifs is 2. The number of aromatic hydroxyl groups is 7. The molecule has 0 amide bonds. The van der Waals surface area contributed by atoms with Crippen molar-refractivity contribution in [3.8, 4) is 46.0 Å². The molecule has 7 atom stereocenters. The average Bonchev–Trinajstić information content (AvgIpc) is 3.57. The molecule has 54 heavy (non-hydrogen) atoms. The zero-order chi connectivity index (χ0) is 38.8. The number of ether oxygens (including phenoxy) is 6.